The topological polar surface area (TPSA) is 41.6 Å². The lowest BCUT2D eigenvalue weighted by Crippen LogP contribution is -2.03. The van der Waals surface area contributed by atoms with Gasteiger partial charge in [0.15, 0.2) is 0 Å². The molecule has 19 heavy (non-hydrogen) atoms. The molecule has 0 bridgehead atoms. The van der Waals surface area contributed by atoms with Crippen molar-refractivity contribution in [2.75, 3.05) is 0 Å². The summed E-state index contributed by atoms with van der Waals surface area (Å²) in [5.41, 5.74) is 4.20. The number of aryl methyl sites for hydroxylation is 1. The van der Waals surface area contributed by atoms with Crippen LogP contribution in [0, 0.1) is 11.3 Å². The molecule has 0 N–H and O–H groups in total. The van der Waals surface area contributed by atoms with E-state index in [2.05, 4.69) is 17.1 Å². The Morgan fingerprint density at radius 1 is 1.21 bits per heavy atom. The van der Waals surface area contributed by atoms with Crippen molar-refractivity contribution in [2.45, 2.75) is 0 Å². The highest BCUT2D eigenvalue weighted by atomic mass is 15.0. The summed E-state index contributed by atoms with van der Waals surface area (Å²) in [4.78, 5) is 4.34. The predicted octanol–water partition coefficient (Wildman–Crippen LogP) is 1.91. The Hall–Kier alpha value is -2.54. The number of nitrogens with zero attached hydrogens (tertiary/aromatic N) is 3. The standard InChI is InChI=1S/C15H10BN3/c1-19-14-6-10(8-17)2-3-11(14)7-15(19)13-5-4-12(16)9-18-13/h2-7,9H,1H3. The van der Waals surface area contributed by atoms with Crippen LogP contribution < -0.4 is 5.46 Å². The van der Waals surface area contributed by atoms with E-state index >= 15 is 0 Å². The molecule has 4 heteroatoms. The molecule has 0 amide bonds. The second-order valence-corrected chi connectivity index (χ2v) is 4.45. The molecule has 1 aromatic carbocycles. The first-order valence-corrected chi connectivity index (χ1v) is 5.90. The van der Waals surface area contributed by atoms with Crippen LogP contribution in [0.3, 0.4) is 0 Å². The zero-order valence-electron chi connectivity index (χ0n) is 10.5. The van der Waals surface area contributed by atoms with E-state index in [9.17, 15) is 0 Å². The summed E-state index contributed by atoms with van der Waals surface area (Å²) in [6.45, 7) is 0. The van der Waals surface area contributed by atoms with Gasteiger partial charge in [0.05, 0.1) is 23.0 Å². The summed E-state index contributed by atoms with van der Waals surface area (Å²) in [5.74, 6) is 0. The van der Waals surface area contributed by atoms with E-state index in [0.717, 1.165) is 22.3 Å². The quantitative estimate of drug-likeness (QED) is 0.612. The molecule has 2 heterocycles. The van der Waals surface area contributed by atoms with E-state index in [-0.39, 0.29) is 0 Å². The monoisotopic (exact) mass is 243 g/mol. The van der Waals surface area contributed by atoms with E-state index in [0.29, 0.717) is 11.0 Å². The fourth-order valence-corrected chi connectivity index (χ4v) is 2.20. The van der Waals surface area contributed by atoms with Crippen molar-refractivity contribution in [1.29, 1.82) is 5.26 Å². The van der Waals surface area contributed by atoms with Crippen LogP contribution in [-0.4, -0.2) is 17.4 Å². The van der Waals surface area contributed by atoms with Gasteiger partial charge in [0.1, 0.15) is 7.85 Å². The zero-order valence-corrected chi connectivity index (χ0v) is 10.5. The van der Waals surface area contributed by atoms with Crippen molar-refractivity contribution in [1.82, 2.24) is 9.55 Å². The fourth-order valence-electron chi connectivity index (χ4n) is 2.20. The Morgan fingerprint density at radius 3 is 2.74 bits per heavy atom. The van der Waals surface area contributed by atoms with E-state index in [4.69, 9.17) is 13.1 Å². The van der Waals surface area contributed by atoms with Gasteiger partial charge in [0.2, 0.25) is 0 Å². The van der Waals surface area contributed by atoms with E-state index < -0.39 is 0 Å². The Bertz CT molecular complexity index is 795. The number of pyridine rings is 1. The number of rotatable bonds is 1. The van der Waals surface area contributed by atoms with Crippen LogP contribution in [-0.2, 0) is 7.05 Å². The molecule has 0 saturated carbocycles. The van der Waals surface area contributed by atoms with Gasteiger partial charge in [-0.3, -0.25) is 4.98 Å². The van der Waals surface area contributed by atoms with Crippen LogP contribution in [0.5, 0.6) is 0 Å². The van der Waals surface area contributed by atoms with Crippen molar-refractivity contribution >= 4 is 24.2 Å². The molecule has 3 nitrogen and oxygen atoms in total. The van der Waals surface area contributed by atoms with Gasteiger partial charge >= 0.3 is 0 Å². The smallest absolute Gasteiger partial charge is 0.115 e. The van der Waals surface area contributed by atoms with Gasteiger partial charge in [-0.1, -0.05) is 17.6 Å². The predicted molar refractivity (Wildman–Crippen MR) is 76.3 cm³/mol. The minimum absolute atomic E-state index is 0.647. The van der Waals surface area contributed by atoms with Gasteiger partial charge in [-0.05, 0) is 24.3 Å². The molecular weight excluding hydrogens is 233 g/mol. The minimum atomic E-state index is 0.647. The van der Waals surface area contributed by atoms with Crippen LogP contribution >= 0.6 is 0 Å². The average molecular weight is 243 g/mol. The third kappa shape index (κ3) is 1.90. The number of benzene rings is 1. The molecule has 0 aliphatic rings. The van der Waals surface area contributed by atoms with Gasteiger partial charge in [-0.25, -0.2) is 0 Å². The molecule has 0 saturated heterocycles. The van der Waals surface area contributed by atoms with E-state index in [1.807, 2.05) is 41.9 Å². The number of hydrogen-bond acceptors (Lipinski definition) is 2. The van der Waals surface area contributed by atoms with Crippen molar-refractivity contribution < 1.29 is 0 Å². The Labute approximate surface area is 112 Å². The molecule has 0 unspecified atom stereocenters. The van der Waals surface area contributed by atoms with E-state index in [1.165, 1.54) is 0 Å². The molecular formula is C15H10BN3. The number of fused-ring (bicyclic) bond motifs is 1. The molecule has 0 atom stereocenters. The normalized spacial score (nSPS) is 10.5. The lowest BCUT2D eigenvalue weighted by atomic mass is 9.98. The van der Waals surface area contributed by atoms with Crippen LogP contribution in [0.2, 0.25) is 0 Å². The van der Waals surface area contributed by atoms with Crippen LogP contribution in [0.4, 0.5) is 0 Å². The van der Waals surface area contributed by atoms with Crippen molar-refractivity contribution in [2.24, 2.45) is 7.05 Å². The highest BCUT2D eigenvalue weighted by molar-refractivity contribution is 6.32. The molecule has 0 aliphatic heterocycles. The maximum absolute atomic E-state index is 8.96. The lowest BCUT2D eigenvalue weighted by Gasteiger charge is -2.04. The van der Waals surface area contributed by atoms with Gasteiger partial charge in [0.25, 0.3) is 0 Å². The molecule has 2 radical (unpaired) electrons. The molecule has 0 spiro atoms. The number of nitriles is 1. The highest BCUT2D eigenvalue weighted by Crippen LogP contribution is 2.26. The minimum Gasteiger partial charge on any atom is -0.342 e. The molecule has 88 valence electrons. The second-order valence-electron chi connectivity index (χ2n) is 4.45. The van der Waals surface area contributed by atoms with Crippen LogP contribution in [0.25, 0.3) is 22.3 Å². The SMILES string of the molecule is [B]c1ccc(-c2cc3ccc(C#N)cc3n2C)nc1. The van der Waals surface area contributed by atoms with E-state index in [1.54, 1.807) is 6.20 Å². The highest BCUT2D eigenvalue weighted by Gasteiger charge is 2.09. The third-order valence-corrected chi connectivity index (χ3v) is 3.22. The summed E-state index contributed by atoms with van der Waals surface area (Å²) < 4.78 is 2.04. The average Bonchev–Trinajstić information content (AvgIpc) is 2.76. The fraction of sp³-hybridized carbons (Fsp3) is 0.0667. The number of hydrogen-bond donors (Lipinski definition) is 0. The largest absolute Gasteiger partial charge is 0.342 e. The maximum Gasteiger partial charge on any atom is 0.115 e. The Kier molecular flexibility index (Phi) is 2.61. The summed E-state index contributed by atoms with van der Waals surface area (Å²) in [6, 6.07) is 13.6. The van der Waals surface area contributed by atoms with Gasteiger partial charge in [0, 0.05) is 24.1 Å². The molecule has 3 aromatic rings. The Morgan fingerprint density at radius 2 is 2.05 bits per heavy atom. The van der Waals surface area contributed by atoms with Gasteiger partial charge < -0.3 is 4.57 Å². The first-order valence-electron chi connectivity index (χ1n) is 5.90. The first kappa shape index (κ1) is 11.5. The first-order chi connectivity index (χ1) is 9.19. The van der Waals surface area contributed by atoms with Gasteiger partial charge in [-0.2, -0.15) is 5.26 Å². The van der Waals surface area contributed by atoms with Gasteiger partial charge in [-0.15, -0.1) is 0 Å². The van der Waals surface area contributed by atoms with Crippen LogP contribution in [0.1, 0.15) is 5.56 Å². The maximum atomic E-state index is 8.96. The molecule has 0 aliphatic carbocycles. The lowest BCUT2D eigenvalue weighted by molar-refractivity contribution is 0.970. The summed E-state index contributed by atoms with van der Waals surface area (Å²) in [7, 11) is 7.62. The zero-order chi connectivity index (χ0) is 13.4. The van der Waals surface area contributed by atoms with Crippen molar-refractivity contribution in [3.05, 3.63) is 48.2 Å². The molecule has 2 aromatic heterocycles. The van der Waals surface area contributed by atoms with Crippen LogP contribution in [0.15, 0.2) is 42.6 Å². The second kappa shape index (κ2) is 4.29. The van der Waals surface area contributed by atoms with Crippen molar-refractivity contribution in [3.63, 3.8) is 0 Å². The summed E-state index contributed by atoms with van der Waals surface area (Å²) in [6.07, 6.45) is 1.65. The molecule has 0 fully saturated rings. The third-order valence-electron chi connectivity index (χ3n) is 3.22. The van der Waals surface area contributed by atoms with Crippen molar-refractivity contribution in [3.8, 4) is 17.5 Å². The molecule has 3 rings (SSSR count). The number of aromatic nitrogens is 2. The Balaban J connectivity index is 2.23. The summed E-state index contributed by atoms with van der Waals surface area (Å²) >= 11 is 0. The summed E-state index contributed by atoms with van der Waals surface area (Å²) in [5, 5.41) is 10.0.